The Bertz CT molecular complexity index is 803. The lowest BCUT2D eigenvalue weighted by Crippen LogP contribution is -2.09. The van der Waals surface area contributed by atoms with E-state index in [9.17, 15) is 0 Å². The van der Waals surface area contributed by atoms with Gasteiger partial charge in [0.15, 0.2) is 5.82 Å². The Morgan fingerprint density at radius 3 is 2.83 bits per heavy atom. The molecule has 0 unspecified atom stereocenters. The van der Waals surface area contributed by atoms with Gasteiger partial charge in [0.1, 0.15) is 17.3 Å². The molecule has 0 aliphatic rings. The molecule has 0 amide bonds. The van der Waals surface area contributed by atoms with Crippen LogP contribution in [0.4, 0.5) is 17.6 Å². The summed E-state index contributed by atoms with van der Waals surface area (Å²) < 4.78 is 10.4. The molecule has 0 saturated carbocycles. The van der Waals surface area contributed by atoms with Crippen molar-refractivity contribution in [3.63, 3.8) is 0 Å². The van der Waals surface area contributed by atoms with E-state index in [2.05, 4.69) is 25.8 Å². The fraction of sp³-hybridized carbons (Fsp3) is 0.235. The second kappa shape index (κ2) is 7.45. The van der Waals surface area contributed by atoms with Crippen LogP contribution in [0.1, 0.15) is 11.3 Å². The number of aryl methyl sites for hydroxylation is 1. The van der Waals surface area contributed by atoms with Crippen LogP contribution in [-0.4, -0.2) is 28.8 Å². The van der Waals surface area contributed by atoms with Crippen molar-refractivity contribution in [2.24, 2.45) is 0 Å². The minimum absolute atomic E-state index is 0.551. The van der Waals surface area contributed by atoms with Gasteiger partial charge in [-0.25, -0.2) is 4.98 Å². The monoisotopic (exact) mass is 325 g/mol. The lowest BCUT2D eigenvalue weighted by atomic mass is 10.1. The summed E-state index contributed by atoms with van der Waals surface area (Å²) in [6, 6.07) is 11.5. The van der Waals surface area contributed by atoms with Crippen LogP contribution in [0.5, 0.6) is 5.75 Å². The first-order valence-corrected chi connectivity index (χ1v) is 7.64. The van der Waals surface area contributed by atoms with Gasteiger partial charge in [-0.3, -0.25) is 0 Å². The Hall–Kier alpha value is -3.09. The molecule has 2 N–H and O–H groups in total. The van der Waals surface area contributed by atoms with Crippen molar-refractivity contribution >= 4 is 17.6 Å². The Morgan fingerprint density at radius 1 is 1.17 bits per heavy atom. The molecule has 3 aromatic rings. The number of nitrogens with one attached hydrogen (secondary N) is 2. The first-order valence-electron chi connectivity index (χ1n) is 7.64. The topological polar surface area (TPSA) is 85.1 Å². The Labute approximate surface area is 140 Å². The van der Waals surface area contributed by atoms with Crippen LogP contribution in [0.2, 0.25) is 0 Å². The van der Waals surface area contributed by atoms with Crippen molar-refractivity contribution in [1.82, 2.24) is 15.1 Å². The number of hydrogen-bond acceptors (Lipinski definition) is 7. The van der Waals surface area contributed by atoms with Gasteiger partial charge in [-0.2, -0.15) is 4.98 Å². The van der Waals surface area contributed by atoms with Crippen molar-refractivity contribution in [1.29, 1.82) is 0 Å². The van der Waals surface area contributed by atoms with Crippen LogP contribution in [0.25, 0.3) is 0 Å². The second-order valence-corrected chi connectivity index (χ2v) is 5.20. The molecule has 0 bridgehead atoms. The van der Waals surface area contributed by atoms with E-state index in [0.29, 0.717) is 24.1 Å². The molecular weight excluding hydrogens is 306 g/mol. The van der Waals surface area contributed by atoms with Crippen LogP contribution >= 0.6 is 0 Å². The van der Waals surface area contributed by atoms with Crippen LogP contribution in [0.3, 0.4) is 0 Å². The molecule has 0 fully saturated rings. The molecular formula is C17H19N5O2. The number of ether oxygens (including phenoxy) is 1. The molecule has 1 aromatic carbocycles. The fourth-order valence-electron chi connectivity index (χ4n) is 2.29. The molecule has 24 heavy (non-hydrogen) atoms. The zero-order valence-electron chi connectivity index (χ0n) is 13.6. The van der Waals surface area contributed by atoms with E-state index in [4.69, 9.17) is 9.26 Å². The average molecular weight is 325 g/mol. The summed E-state index contributed by atoms with van der Waals surface area (Å²) in [5.41, 5.74) is 1.14. The molecule has 0 atom stereocenters. The van der Waals surface area contributed by atoms with Crippen LogP contribution in [0.15, 0.2) is 47.1 Å². The van der Waals surface area contributed by atoms with Crippen molar-refractivity contribution in [2.45, 2.75) is 13.3 Å². The second-order valence-electron chi connectivity index (χ2n) is 5.20. The molecule has 2 aromatic heterocycles. The normalized spacial score (nSPS) is 10.4. The van der Waals surface area contributed by atoms with Gasteiger partial charge < -0.3 is 19.9 Å². The van der Waals surface area contributed by atoms with Crippen molar-refractivity contribution < 1.29 is 9.26 Å². The summed E-state index contributed by atoms with van der Waals surface area (Å²) >= 11 is 0. The summed E-state index contributed by atoms with van der Waals surface area (Å²) in [6.07, 6.45) is 2.50. The van der Waals surface area contributed by atoms with Gasteiger partial charge in [0, 0.05) is 18.8 Å². The van der Waals surface area contributed by atoms with Gasteiger partial charge in [-0.1, -0.05) is 23.4 Å². The van der Waals surface area contributed by atoms with E-state index in [-0.39, 0.29) is 0 Å². The van der Waals surface area contributed by atoms with Gasteiger partial charge >= 0.3 is 0 Å². The molecule has 7 nitrogen and oxygen atoms in total. The number of benzene rings is 1. The zero-order valence-corrected chi connectivity index (χ0v) is 13.6. The van der Waals surface area contributed by atoms with E-state index in [1.807, 2.05) is 31.2 Å². The largest absolute Gasteiger partial charge is 0.496 e. The fourth-order valence-corrected chi connectivity index (χ4v) is 2.29. The maximum Gasteiger partial charge on any atom is 0.224 e. The Kier molecular flexibility index (Phi) is 4.90. The van der Waals surface area contributed by atoms with E-state index in [0.717, 1.165) is 23.5 Å². The first kappa shape index (κ1) is 15.8. The molecule has 0 saturated heterocycles. The van der Waals surface area contributed by atoms with Gasteiger partial charge in [-0.05, 0) is 31.0 Å². The van der Waals surface area contributed by atoms with E-state index in [1.165, 1.54) is 0 Å². The van der Waals surface area contributed by atoms with Crippen LogP contribution in [0, 0.1) is 6.92 Å². The molecule has 0 spiro atoms. The third kappa shape index (κ3) is 4.01. The molecule has 7 heteroatoms. The smallest absolute Gasteiger partial charge is 0.224 e. The van der Waals surface area contributed by atoms with E-state index < -0.39 is 0 Å². The summed E-state index contributed by atoms with van der Waals surface area (Å²) in [5, 5.41) is 10.2. The van der Waals surface area contributed by atoms with Gasteiger partial charge in [0.25, 0.3) is 0 Å². The molecule has 2 heterocycles. The SMILES string of the molecule is COc1ccccc1CCNc1nccc(Nc2cc(C)on2)n1. The average Bonchev–Trinajstić information content (AvgIpc) is 3.00. The minimum Gasteiger partial charge on any atom is -0.496 e. The third-order valence-electron chi connectivity index (χ3n) is 3.41. The highest BCUT2D eigenvalue weighted by Gasteiger charge is 2.05. The molecule has 3 rings (SSSR count). The highest BCUT2D eigenvalue weighted by Crippen LogP contribution is 2.18. The summed E-state index contributed by atoms with van der Waals surface area (Å²) in [6.45, 7) is 2.54. The molecule has 124 valence electrons. The maximum atomic E-state index is 5.35. The van der Waals surface area contributed by atoms with E-state index >= 15 is 0 Å². The number of nitrogens with zero attached hydrogens (tertiary/aromatic N) is 3. The first-order chi connectivity index (χ1) is 11.7. The molecule has 0 aliphatic carbocycles. The predicted molar refractivity (Wildman–Crippen MR) is 91.7 cm³/mol. The zero-order chi connectivity index (χ0) is 16.8. The van der Waals surface area contributed by atoms with E-state index in [1.54, 1.807) is 25.4 Å². The van der Waals surface area contributed by atoms with Crippen molar-refractivity contribution in [2.75, 3.05) is 24.3 Å². The van der Waals surface area contributed by atoms with Crippen molar-refractivity contribution in [3.8, 4) is 5.75 Å². The lowest BCUT2D eigenvalue weighted by Gasteiger charge is -2.09. The number of methoxy groups -OCH3 is 1. The predicted octanol–water partition coefficient (Wildman–Crippen LogP) is 3.18. The van der Waals surface area contributed by atoms with Crippen molar-refractivity contribution in [3.05, 3.63) is 53.9 Å². The number of para-hydroxylation sites is 1. The highest BCUT2D eigenvalue weighted by atomic mass is 16.5. The lowest BCUT2D eigenvalue weighted by molar-refractivity contribution is 0.400. The van der Waals surface area contributed by atoms with Crippen LogP contribution < -0.4 is 15.4 Å². The Balaban J connectivity index is 1.58. The number of rotatable bonds is 7. The van der Waals surface area contributed by atoms with Gasteiger partial charge in [-0.15, -0.1) is 0 Å². The summed E-state index contributed by atoms with van der Waals surface area (Å²) in [7, 11) is 1.68. The third-order valence-corrected chi connectivity index (χ3v) is 3.41. The highest BCUT2D eigenvalue weighted by molar-refractivity contribution is 5.52. The van der Waals surface area contributed by atoms with Crippen LogP contribution in [-0.2, 0) is 6.42 Å². The number of aromatic nitrogens is 3. The number of hydrogen-bond donors (Lipinski definition) is 2. The minimum atomic E-state index is 0.551. The van der Waals surface area contributed by atoms with Gasteiger partial charge in [0.05, 0.1) is 7.11 Å². The summed E-state index contributed by atoms with van der Waals surface area (Å²) in [5.74, 6) is 3.44. The quantitative estimate of drug-likeness (QED) is 0.690. The molecule has 0 radical (unpaired) electrons. The maximum absolute atomic E-state index is 5.35. The summed E-state index contributed by atoms with van der Waals surface area (Å²) in [4.78, 5) is 8.63. The standard InChI is InChI=1S/C17H19N5O2/c1-12-11-16(22-24-12)20-15-8-10-19-17(21-15)18-9-7-13-5-3-4-6-14(13)23-2/h3-6,8,10-11H,7,9H2,1-2H3,(H2,18,19,20,21,22). The Morgan fingerprint density at radius 2 is 2.04 bits per heavy atom. The van der Waals surface area contributed by atoms with Gasteiger partial charge in [0.2, 0.25) is 5.95 Å². The molecule has 0 aliphatic heterocycles. The number of anilines is 3.